The van der Waals surface area contributed by atoms with Gasteiger partial charge in [-0.3, -0.25) is 0 Å². The van der Waals surface area contributed by atoms with Crippen LogP contribution in [0.25, 0.3) is 0 Å². The summed E-state index contributed by atoms with van der Waals surface area (Å²) in [5.41, 5.74) is 0.304. The molecule has 0 aromatic heterocycles. The standard InChI is InChI=1S/C8H5ClFNO/c1-2-11-7-4-8(12)6(10)3-5(7)9/h1,3-4,11-12H. The topological polar surface area (TPSA) is 32.3 Å². The van der Waals surface area contributed by atoms with Gasteiger partial charge in [0, 0.05) is 12.1 Å². The minimum Gasteiger partial charge on any atom is -0.505 e. The lowest BCUT2D eigenvalue weighted by atomic mass is 10.3. The maximum atomic E-state index is 12.6. The van der Waals surface area contributed by atoms with Gasteiger partial charge in [0.1, 0.15) is 0 Å². The lowest BCUT2D eigenvalue weighted by molar-refractivity contribution is 0.433. The van der Waals surface area contributed by atoms with Gasteiger partial charge < -0.3 is 10.4 Å². The lowest BCUT2D eigenvalue weighted by Gasteiger charge is -2.02. The number of nitrogens with one attached hydrogen (secondary N) is 1. The Kier molecular flexibility index (Phi) is 2.41. The fraction of sp³-hybridized carbons (Fsp3) is 0. The summed E-state index contributed by atoms with van der Waals surface area (Å²) in [5.74, 6) is -1.26. The molecule has 0 saturated heterocycles. The molecule has 0 unspecified atom stereocenters. The molecule has 62 valence electrons. The second kappa shape index (κ2) is 3.33. The van der Waals surface area contributed by atoms with Gasteiger partial charge in [-0.05, 0) is 6.07 Å². The Morgan fingerprint density at radius 1 is 1.58 bits per heavy atom. The third-order valence-electron chi connectivity index (χ3n) is 1.24. The van der Waals surface area contributed by atoms with E-state index in [2.05, 4.69) is 11.4 Å². The number of terminal acetylenes is 1. The van der Waals surface area contributed by atoms with E-state index < -0.39 is 11.6 Å². The van der Waals surface area contributed by atoms with Crippen LogP contribution >= 0.6 is 11.6 Å². The SMILES string of the molecule is C#CNc1cc(O)c(F)cc1Cl. The van der Waals surface area contributed by atoms with Crippen molar-refractivity contribution in [2.45, 2.75) is 0 Å². The summed E-state index contributed by atoms with van der Waals surface area (Å²) in [5, 5.41) is 11.4. The number of phenols is 1. The van der Waals surface area contributed by atoms with E-state index in [0.717, 1.165) is 12.1 Å². The molecule has 0 aliphatic heterocycles. The minimum atomic E-state index is -0.775. The number of hydrogen-bond donors (Lipinski definition) is 2. The van der Waals surface area contributed by atoms with Crippen molar-refractivity contribution in [3.8, 4) is 18.2 Å². The average Bonchev–Trinajstić information content (AvgIpc) is 2.01. The van der Waals surface area contributed by atoms with E-state index in [9.17, 15) is 4.39 Å². The first-order valence-electron chi connectivity index (χ1n) is 3.04. The zero-order chi connectivity index (χ0) is 9.14. The Balaban J connectivity index is 3.16. The molecule has 0 aliphatic rings. The molecule has 1 rings (SSSR count). The van der Waals surface area contributed by atoms with Crippen molar-refractivity contribution in [1.82, 2.24) is 0 Å². The molecule has 2 N–H and O–H groups in total. The molecule has 0 fully saturated rings. The highest BCUT2D eigenvalue weighted by molar-refractivity contribution is 6.33. The fourth-order valence-corrected chi connectivity index (χ4v) is 0.909. The molecule has 0 spiro atoms. The summed E-state index contributed by atoms with van der Waals surface area (Å²) in [6.45, 7) is 0. The van der Waals surface area contributed by atoms with Crippen LogP contribution in [0, 0.1) is 18.3 Å². The maximum absolute atomic E-state index is 12.6. The third-order valence-corrected chi connectivity index (χ3v) is 1.56. The summed E-state index contributed by atoms with van der Waals surface area (Å²) < 4.78 is 12.6. The molecule has 2 nitrogen and oxygen atoms in total. The molecule has 0 aliphatic carbocycles. The highest BCUT2D eigenvalue weighted by Crippen LogP contribution is 2.28. The van der Waals surface area contributed by atoms with E-state index in [-0.39, 0.29) is 5.02 Å². The summed E-state index contributed by atoms with van der Waals surface area (Å²) in [6, 6.07) is 4.21. The van der Waals surface area contributed by atoms with Crippen molar-refractivity contribution in [2.24, 2.45) is 0 Å². The van der Waals surface area contributed by atoms with Crippen LogP contribution in [0.3, 0.4) is 0 Å². The van der Waals surface area contributed by atoms with Crippen LogP contribution in [0.1, 0.15) is 0 Å². The Labute approximate surface area is 74.0 Å². The molecule has 0 heterocycles. The van der Waals surface area contributed by atoms with Gasteiger partial charge in [-0.25, -0.2) is 4.39 Å². The number of benzene rings is 1. The zero-order valence-corrected chi connectivity index (χ0v) is 6.69. The predicted molar refractivity (Wildman–Crippen MR) is 45.5 cm³/mol. The fourth-order valence-electron chi connectivity index (χ4n) is 0.711. The van der Waals surface area contributed by atoms with Crippen molar-refractivity contribution in [3.63, 3.8) is 0 Å². The maximum Gasteiger partial charge on any atom is 0.166 e. The smallest absolute Gasteiger partial charge is 0.166 e. The van der Waals surface area contributed by atoms with E-state index in [1.165, 1.54) is 0 Å². The van der Waals surface area contributed by atoms with Gasteiger partial charge in [0.05, 0.1) is 10.7 Å². The lowest BCUT2D eigenvalue weighted by Crippen LogP contribution is -1.89. The summed E-state index contributed by atoms with van der Waals surface area (Å²) in [4.78, 5) is 0. The second-order valence-electron chi connectivity index (χ2n) is 2.05. The average molecular weight is 186 g/mol. The van der Waals surface area contributed by atoms with Crippen LogP contribution in [0.2, 0.25) is 5.02 Å². The molecule has 4 heteroatoms. The van der Waals surface area contributed by atoms with Gasteiger partial charge in [0.25, 0.3) is 0 Å². The van der Waals surface area contributed by atoms with Crippen molar-refractivity contribution in [1.29, 1.82) is 0 Å². The molecule has 1 aromatic rings. The van der Waals surface area contributed by atoms with Crippen LogP contribution in [0.5, 0.6) is 5.75 Å². The highest BCUT2D eigenvalue weighted by atomic mass is 35.5. The van der Waals surface area contributed by atoms with Gasteiger partial charge in [0.15, 0.2) is 11.6 Å². The molecular weight excluding hydrogens is 181 g/mol. The molecule has 0 saturated carbocycles. The van der Waals surface area contributed by atoms with Crippen molar-refractivity contribution < 1.29 is 9.50 Å². The summed E-state index contributed by atoms with van der Waals surface area (Å²) >= 11 is 5.57. The molecule has 12 heavy (non-hydrogen) atoms. The third kappa shape index (κ3) is 1.60. The Bertz CT molecular complexity index is 346. The van der Waals surface area contributed by atoms with Crippen LogP contribution in [-0.4, -0.2) is 5.11 Å². The van der Waals surface area contributed by atoms with E-state index in [1.54, 1.807) is 0 Å². The van der Waals surface area contributed by atoms with E-state index in [0.29, 0.717) is 5.69 Å². The summed E-state index contributed by atoms with van der Waals surface area (Å²) in [6.07, 6.45) is 4.92. The van der Waals surface area contributed by atoms with Crippen molar-refractivity contribution in [3.05, 3.63) is 23.0 Å². The second-order valence-corrected chi connectivity index (χ2v) is 2.46. The molecular formula is C8H5ClFNO. The van der Waals surface area contributed by atoms with Crippen molar-refractivity contribution >= 4 is 17.3 Å². The van der Waals surface area contributed by atoms with E-state index in [1.807, 2.05) is 0 Å². The Morgan fingerprint density at radius 2 is 2.25 bits per heavy atom. The molecule has 0 atom stereocenters. The molecule has 0 bridgehead atoms. The molecule has 0 radical (unpaired) electrons. The van der Waals surface area contributed by atoms with Crippen LogP contribution in [0.4, 0.5) is 10.1 Å². The monoisotopic (exact) mass is 185 g/mol. The number of aromatic hydroxyl groups is 1. The highest BCUT2D eigenvalue weighted by Gasteiger charge is 2.05. The van der Waals surface area contributed by atoms with Gasteiger partial charge >= 0.3 is 0 Å². The van der Waals surface area contributed by atoms with Crippen molar-refractivity contribution in [2.75, 3.05) is 5.32 Å². The van der Waals surface area contributed by atoms with Crippen LogP contribution in [0.15, 0.2) is 12.1 Å². The van der Waals surface area contributed by atoms with E-state index >= 15 is 0 Å². The van der Waals surface area contributed by atoms with Crippen LogP contribution < -0.4 is 5.32 Å². The van der Waals surface area contributed by atoms with Gasteiger partial charge in [-0.1, -0.05) is 18.0 Å². The number of anilines is 1. The Morgan fingerprint density at radius 3 is 2.83 bits per heavy atom. The molecule has 1 aromatic carbocycles. The summed E-state index contributed by atoms with van der Waals surface area (Å²) in [7, 11) is 0. The number of hydrogen-bond acceptors (Lipinski definition) is 2. The number of halogens is 2. The Hall–Kier alpha value is -1.40. The first kappa shape index (κ1) is 8.69. The van der Waals surface area contributed by atoms with Gasteiger partial charge in [-0.15, -0.1) is 0 Å². The van der Waals surface area contributed by atoms with Crippen LogP contribution in [-0.2, 0) is 0 Å². The largest absolute Gasteiger partial charge is 0.505 e. The minimum absolute atomic E-state index is 0.128. The number of phenolic OH excluding ortho intramolecular Hbond substituents is 1. The first-order chi connectivity index (χ1) is 5.65. The normalized spacial score (nSPS) is 9.08. The zero-order valence-electron chi connectivity index (χ0n) is 5.94. The van der Waals surface area contributed by atoms with Gasteiger partial charge in [0.2, 0.25) is 0 Å². The predicted octanol–water partition coefficient (Wildman–Crippen LogP) is 2.19. The quantitative estimate of drug-likeness (QED) is 0.519. The van der Waals surface area contributed by atoms with E-state index in [4.69, 9.17) is 23.1 Å². The van der Waals surface area contributed by atoms with Gasteiger partial charge in [-0.2, -0.15) is 0 Å². The first-order valence-corrected chi connectivity index (χ1v) is 3.42. The molecule has 0 amide bonds. The number of rotatable bonds is 1.